The molecule has 1 unspecified atom stereocenters. The molecule has 0 saturated heterocycles. The Balaban J connectivity index is 1.59. The number of carbonyl (C=O) groups excluding carboxylic acids is 2. The Morgan fingerprint density at radius 3 is 2.32 bits per heavy atom. The van der Waals surface area contributed by atoms with Crippen LogP contribution in [0.2, 0.25) is 0 Å². The van der Waals surface area contributed by atoms with Crippen molar-refractivity contribution < 1.29 is 19.1 Å². The van der Waals surface area contributed by atoms with Gasteiger partial charge >= 0.3 is 0 Å². The molecule has 3 rings (SSSR count). The number of carbonyl (C=O) groups is 2. The number of nitriles is 1. The number of rotatable bonds is 6. The van der Waals surface area contributed by atoms with Crippen LogP contribution in [0.25, 0.3) is 0 Å². The molecule has 5 heteroatoms. The minimum Gasteiger partial charge on any atom is -0.493 e. The van der Waals surface area contributed by atoms with Gasteiger partial charge in [-0.25, -0.2) is 0 Å². The molecule has 1 aliphatic carbocycles. The first kappa shape index (κ1) is 16.7. The molecule has 5 nitrogen and oxygen atoms in total. The van der Waals surface area contributed by atoms with Gasteiger partial charge in [0.25, 0.3) is 0 Å². The Labute approximate surface area is 145 Å². The summed E-state index contributed by atoms with van der Waals surface area (Å²) in [5, 5.41) is 8.98. The largest absolute Gasteiger partial charge is 0.493 e. The number of ketones is 2. The summed E-state index contributed by atoms with van der Waals surface area (Å²) in [7, 11) is 0. The maximum atomic E-state index is 12.1. The molecular formula is C20H17NO4. The van der Waals surface area contributed by atoms with E-state index in [1.807, 2.05) is 37.3 Å². The highest BCUT2D eigenvalue weighted by Crippen LogP contribution is 2.32. The summed E-state index contributed by atoms with van der Waals surface area (Å²) in [6, 6.07) is 14.5. The number of hydrogen-bond donors (Lipinski definition) is 0. The Bertz CT molecular complexity index is 852. The van der Waals surface area contributed by atoms with Gasteiger partial charge < -0.3 is 9.47 Å². The van der Waals surface area contributed by atoms with Gasteiger partial charge in [0.05, 0.1) is 19.3 Å². The number of para-hydroxylation sites is 1. The third-order valence-corrected chi connectivity index (χ3v) is 4.06. The zero-order chi connectivity index (χ0) is 17.8. The van der Waals surface area contributed by atoms with Gasteiger partial charge in [-0.05, 0) is 36.8 Å². The predicted octanol–water partition coefficient (Wildman–Crippen LogP) is 3.36. The fraction of sp³-hybridized carbons (Fsp3) is 0.250. The maximum absolute atomic E-state index is 12.1. The lowest BCUT2D eigenvalue weighted by molar-refractivity contribution is 0.0876. The highest BCUT2D eigenvalue weighted by atomic mass is 16.5. The Morgan fingerprint density at radius 2 is 1.64 bits per heavy atom. The first-order valence-corrected chi connectivity index (χ1v) is 8.05. The zero-order valence-corrected chi connectivity index (χ0v) is 13.8. The van der Waals surface area contributed by atoms with E-state index < -0.39 is 17.5 Å². The second kappa shape index (κ2) is 7.18. The molecule has 2 aromatic rings. The smallest absolute Gasteiger partial charge is 0.188 e. The molecule has 2 aromatic carbocycles. The highest BCUT2D eigenvalue weighted by molar-refractivity contribution is 6.28. The molecule has 0 heterocycles. The van der Waals surface area contributed by atoms with Gasteiger partial charge in [0.15, 0.2) is 17.5 Å². The van der Waals surface area contributed by atoms with Crippen LogP contribution in [0.4, 0.5) is 0 Å². The summed E-state index contributed by atoms with van der Waals surface area (Å²) >= 11 is 0. The highest BCUT2D eigenvalue weighted by Gasteiger charge is 2.39. The fourth-order valence-electron chi connectivity index (χ4n) is 2.75. The van der Waals surface area contributed by atoms with Crippen LogP contribution < -0.4 is 9.47 Å². The normalized spacial score (nSPS) is 15.6. The van der Waals surface area contributed by atoms with Gasteiger partial charge in [-0.15, -0.1) is 0 Å². The van der Waals surface area contributed by atoms with Crippen molar-refractivity contribution >= 4 is 11.6 Å². The quantitative estimate of drug-likeness (QED) is 0.597. The third-order valence-electron chi connectivity index (χ3n) is 4.06. The van der Waals surface area contributed by atoms with Gasteiger partial charge in [0.2, 0.25) is 0 Å². The molecule has 1 atom stereocenters. The fourth-order valence-corrected chi connectivity index (χ4v) is 2.75. The lowest BCUT2D eigenvalue weighted by Crippen LogP contribution is -2.11. The maximum Gasteiger partial charge on any atom is 0.188 e. The van der Waals surface area contributed by atoms with Crippen LogP contribution in [0.15, 0.2) is 42.5 Å². The van der Waals surface area contributed by atoms with E-state index in [0.29, 0.717) is 30.9 Å². The molecule has 0 fully saturated rings. The SMILES string of the molecule is Cc1cc2c(cc1OCCCOc1ccccc1)C(=O)C(C#N)C2=O. The van der Waals surface area contributed by atoms with Gasteiger partial charge in [-0.2, -0.15) is 5.26 Å². The topological polar surface area (TPSA) is 76.4 Å². The van der Waals surface area contributed by atoms with Crippen molar-refractivity contribution in [1.82, 2.24) is 0 Å². The molecule has 0 aromatic heterocycles. The number of Topliss-reactive ketones (excluding diaryl/α,β-unsaturated/α-hetero) is 2. The average molecular weight is 335 g/mol. The van der Waals surface area contributed by atoms with E-state index in [4.69, 9.17) is 14.7 Å². The van der Waals surface area contributed by atoms with Crippen LogP contribution in [0.3, 0.4) is 0 Å². The summed E-state index contributed by atoms with van der Waals surface area (Å²) in [6.07, 6.45) is 0.680. The van der Waals surface area contributed by atoms with Crippen LogP contribution in [0.1, 0.15) is 32.7 Å². The Kier molecular flexibility index (Phi) is 4.80. The third kappa shape index (κ3) is 3.38. The lowest BCUT2D eigenvalue weighted by atomic mass is 10.1. The summed E-state index contributed by atoms with van der Waals surface area (Å²) < 4.78 is 11.3. The van der Waals surface area contributed by atoms with E-state index >= 15 is 0 Å². The number of hydrogen-bond acceptors (Lipinski definition) is 5. The molecule has 0 radical (unpaired) electrons. The van der Waals surface area contributed by atoms with E-state index in [1.165, 1.54) is 0 Å². The molecule has 126 valence electrons. The van der Waals surface area contributed by atoms with Crippen molar-refractivity contribution in [3.8, 4) is 17.6 Å². The monoisotopic (exact) mass is 335 g/mol. The standard InChI is InChI=1S/C20H17NO4/c1-13-10-15-16(20(23)17(12-21)19(15)22)11-18(13)25-9-5-8-24-14-6-3-2-4-7-14/h2-4,6-7,10-11,17H,5,8-9H2,1H3. The summed E-state index contributed by atoms with van der Waals surface area (Å²) in [5.74, 6) is -0.724. The van der Waals surface area contributed by atoms with Crippen molar-refractivity contribution in [2.24, 2.45) is 5.92 Å². The van der Waals surface area contributed by atoms with Crippen molar-refractivity contribution in [2.75, 3.05) is 13.2 Å². The Hall–Kier alpha value is -3.13. The van der Waals surface area contributed by atoms with Crippen LogP contribution in [0.5, 0.6) is 11.5 Å². The van der Waals surface area contributed by atoms with Crippen LogP contribution in [-0.2, 0) is 0 Å². The van der Waals surface area contributed by atoms with Crippen LogP contribution >= 0.6 is 0 Å². The molecule has 1 aliphatic rings. The van der Waals surface area contributed by atoms with Gasteiger partial charge in [0, 0.05) is 17.5 Å². The van der Waals surface area contributed by atoms with E-state index in [1.54, 1.807) is 18.2 Å². The van der Waals surface area contributed by atoms with Crippen molar-refractivity contribution in [1.29, 1.82) is 5.26 Å². The van der Waals surface area contributed by atoms with Gasteiger partial charge in [-0.1, -0.05) is 18.2 Å². The minimum absolute atomic E-state index is 0.276. The molecule has 25 heavy (non-hydrogen) atoms. The number of aryl methyl sites for hydroxylation is 1. The van der Waals surface area contributed by atoms with Gasteiger partial charge in [0.1, 0.15) is 11.5 Å². The summed E-state index contributed by atoms with van der Waals surface area (Å²) in [4.78, 5) is 24.2. The van der Waals surface area contributed by atoms with Crippen LogP contribution in [0, 0.1) is 24.2 Å². The predicted molar refractivity (Wildman–Crippen MR) is 91.0 cm³/mol. The molecule has 0 bridgehead atoms. The average Bonchev–Trinajstić information content (AvgIpc) is 2.85. The second-order valence-corrected chi connectivity index (χ2v) is 5.82. The van der Waals surface area contributed by atoms with Crippen LogP contribution in [-0.4, -0.2) is 24.8 Å². The van der Waals surface area contributed by atoms with E-state index in [2.05, 4.69) is 0 Å². The minimum atomic E-state index is -1.22. The summed E-state index contributed by atoms with van der Waals surface area (Å²) in [6.45, 7) is 2.76. The molecule has 0 N–H and O–H groups in total. The summed E-state index contributed by atoms with van der Waals surface area (Å²) in [5.41, 5.74) is 1.36. The van der Waals surface area contributed by atoms with Crippen molar-refractivity contribution in [3.05, 3.63) is 59.2 Å². The molecular weight excluding hydrogens is 318 g/mol. The first-order chi connectivity index (χ1) is 12.1. The molecule has 0 spiro atoms. The first-order valence-electron chi connectivity index (χ1n) is 8.05. The van der Waals surface area contributed by atoms with Crippen molar-refractivity contribution in [3.63, 3.8) is 0 Å². The molecule has 0 amide bonds. The van der Waals surface area contributed by atoms with E-state index in [0.717, 1.165) is 11.3 Å². The Morgan fingerprint density at radius 1 is 1.00 bits per heavy atom. The van der Waals surface area contributed by atoms with Gasteiger partial charge in [-0.3, -0.25) is 9.59 Å². The van der Waals surface area contributed by atoms with Crippen molar-refractivity contribution in [2.45, 2.75) is 13.3 Å². The number of ether oxygens (including phenoxy) is 2. The number of fused-ring (bicyclic) bond motifs is 1. The number of benzene rings is 2. The molecule has 0 saturated carbocycles. The molecule has 0 aliphatic heterocycles. The zero-order valence-electron chi connectivity index (χ0n) is 13.8. The number of nitrogens with zero attached hydrogens (tertiary/aromatic N) is 1. The van der Waals surface area contributed by atoms with E-state index in [9.17, 15) is 9.59 Å². The second-order valence-electron chi connectivity index (χ2n) is 5.82. The van der Waals surface area contributed by atoms with E-state index in [-0.39, 0.29) is 5.56 Å². The lowest BCUT2D eigenvalue weighted by Gasteiger charge is -2.11.